The van der Waals surface area contributed by atoms with Crippen molar-refractivity contribution in [1.82, 2.24) is 0 Å². The van der Waals surface area contributed by atoms with E-state index in [1.54, 1.807) is 6.07 Å². The molecule has 1 aromatic carbocycles. The van der Waals surface area contributed by atoms with E-state index in [1.807, 2.05) is 19.1 Å². The van der Waals surface area contributed by atoms with Crippen LogP contribution in [0, 0.1) is 6.92 Å². The molecule has 15 heavy (non-hydrogen) atoms. The predicted octanol–water partition coefficient (Wildman–Crippen LogP) is 4.56. The number of aryl methyl sites for hydroxylation is 1. The first-order valence-corrected chi connectivity index (χ1v) is 6.03. The minimum Gasteiger partial charge on any atom is -0.508 e. The molecule has 0 aromatic heterocycles. The highest BCUT2D eigenvalue weighted by Gasteiger charge is 2.14. The third-order valence-corrected chi connectivity index (χ3v) is 3.11. The first-order valence-electron chi connectivity index (χ1n) is 5.59. The zero-order valence-electron chi connectivity index (χ0n) is 9.46. The Bertz CT molecular complexity index is 289. The highest BCUT2D eigenvalue weighted by atomic mass is 35.5. The summed E-state index contributed by atoms with van der Waals surface area (Å²) in [5.41, 5.74) is 1.97. The summed E-state index contributed by atoms with van der Waals surface area (Å²) < 4.78 is 0. The van der Waals surface area contributed by atoms with Crippen molar-refractivity contribution in [2.75, 3.05) is 0 Å². The van der Waals surface area contributed by atoms with E-state index < -0.39 is 0 Å². The molecule has 1 atom stereocenters. The molecule has 1 rings (SSSR count). The minimum atomic E-state index is -0.0576. The zero-order valence-corrected chi connectivity index (χ0v) is 10.2. The molecular formula is C13H19ClO. The van der Waals surface area contributed by atoms with Gasteiger partial charge < -0.3 is 5.11 Å². The molecule has 0 aliphatic carbocycles. The minimum absolute atomic E-state index is 0.0576. The molecule has 0 aliphatic rings. The maximum absolute atomic E-state index is 9.73. The predicted molar refractivity (Wildman–Crippen MR) is 65.6 cm³/mol. The van der Waals surface area contributed by atoms with Crippen LogP contribution in [0.2, 0.25) is 0 Å². The first-order chi connectivity index (χ1) is 7.16. The summed E-state index contributed by atoms with van der Waals surface area (Å²) in [6.07, 6.45) is 4.46. The van der Waals surface area contributed by atoms with Gasteiger partial charge in [0.2, 0.25) is 0 Å². The van der Waals surface area contributed by atoms with Crippen LogP contribution in [-0.4, -0.2) is 5.11 Å². The Morgan fingerprint density at radius 3 is 2.67 bits per heavy atom. The molecule has 0 fully saturated rings. The number of alkyl halides is 1. The summed E-state index contributed by atoms with van der Waals surface area (Å²) in [6.45, 7) is 4.17. The third kappa shape index (κ3) is 3.42. The lowest BCUT2D eigenvalue weighted by atomic mass is 10.0. The van der Waals surface area contributed by atoms with E-state index in [1.165, 1.54) is 12.8 Å². The third-order valence-electron chi connectivity index (χ3n) is 2.68. The van der Waals surface area contributed by atoms with E-state index in [0.29, 0.717) is 5.75 Å². The van der Waals surface area contributed by atoms with E-state index in [9.17, 15) is 5.11 Å². The van der Waals surface area contributed by atoms with Gasteiger partial charge in [-0.05, 0) is 25.0 Å². The van der Waals surface area contributed by atoms with Crippen LogP contribution in [0.3, 0.4) is 0 Å². The SMILES string of the molecule is CCCCCC(Cl)c1c(C)cccc1O. The van der Waals surface area contributed by atoms with Gasteiger partial charge in [-0.1, -0.05) is 38.3 Å². The second-order valence-electron chi connectivity index (χ2n) is 3.97. The molecule has 0 saturated carbocycles. The second kappa shape index (κ2) is 6.02. The topological polar surface area (TPSA) is 20.2 Å². The molecule has 1 unspecified atom stereocenters. The number of hydrogen-bond acceptors (Lipinski definition) is 1. The Morgan fingerprint density at radius 2 is 2.07 bits per heavy atom. The average Bonchev–Trinajstić information content (AvgIpc) is 2.18. The van der Waals surface area contributed by atoms with E-state index in [2.05, 4.69) is 6.92 Å². The van der Waals surface area contributed by atoms with Crippen molar-refractivity contribution in [3.8, 4) is 5.75 Å². The highest BCUT2D eigenvalue weighted by Crippen LogP contribution is 2.35. The summed E-state index contributed by atoms with van der Waals surface area (Å²) in [5, 5.41) is 9.68. The molecule has 0 amide bonds. The lowest BCUT2D eigenvalue weighted by Crippen LogP contribution is -1.95. The van der Waals surface area contributed by atoms with Crippen molar-refractivity contribution in [2.45, 2.75) is 44.9 Å². The Labute approximate surface area is 97.1 Å². The number of phenolic OH excluding ortho intramolecular Hbond substituents is 1. The Morgan fingerprint density at radius 1 is 1.33 bits per heavy atom. The Hall–Kier alpha value is -0.690. The normalized spacial score (nSPS) is 12.7. The molecule has 0 bridgehead atoms. The summed E-state index contributed by atoms with van der Waals surface area (Å²) in [6, 6.07) is 5.55. The number of unbranched alkanes of at least 4 members (excludes halogenated alkanes) is 2. The van der Waals surface area contributed by atoms with Gasteiger partial charge in [0.15, 0.2) is 0 Å². The molecule has 0 aliphatic heterocycles. The largest absolute Gasteiger partial charge is 0.508 e. The van der Waals surface area contributed by atoms with Gasteiger partial charge >= 0.3 is 0 Å². The average molecular weight is 227 g/mol. The number of hydrogen-bond donors (Lipinski definition) is 1. The standard InChI is InChI=1S/C13H19ClO/c1-3-4-5-8-11(14)13-10(2)7-6-9-12(13)15/h6-7,9,11,15H,3-5,8H2,1-2H3. The van der Waals surface area contributed by atoms with Crippen molar-refractivity contribution in [1.29, 1.82) is 0 Å². The molecule has 1 N–H and O–H groups in total. The quantitative estimate of drug-likeness (QED) is 0.577. The van der Waals surface area contributed by atoms with Crippen molar-refractivity contribution < 1.29 is 5.11 Å². The van der Waals surface area contributed by atoms with Gasteiger partial charge in [0, 0.05) is 5.56 Å². The lowest BCUT2D eigenvalue weighted by molar-refractivity contribution is 0.464. The van der Waals surface area contributed by atoms with E-state index in [0.717, 1.165) is 24.0 Å². The molecular weight excluding hydrogens is 208 g/mol. The number of aromatic hydroxyl groups is 1. The van der Waals surface area contributed by atoms with Gasteiger partial charge in [-0.25, -0.2) is 0 Å². The van der Waals surface area contributed by atoms with Gasteiger partial charge in [-0.3, -0.25) is 0 Å². The molecule has 0 radical (unpaired) electrons. The number of rotatable bonds is 5. The van der Waals surface area contributed by atoms with Gasteiger partial charge in [-0.2, -0.15) is 0 Å². The Kier molecular flexibility index (Phi) is 4.97. The molecule has 0 spiro atoms. The fourth-order valence-electron chi connectivity index (χ4n) is 1.79. The molecule has 2 heteroatoms. The van der Waals surface area contributed by atoms with E-state index in [-0.39, 0.29) is 5.38 Å². The van der Waals surface area contributed by atoms with Crippen molar-refractivity contribution in [2.24, 2.45) is 0 Å². The van der Waals surface area contributed by atoms with Crippen LogP contribution in [0.25, 0.3) is 0 Å². The summed E-state index contributed by atoms with van der Waals surface area (Å²) in [5.74, 6) is 0.325. The first kappa shape index (κ1) is 12.4. The highest BCUT2D eigenvalue weighted by molar-refractivity contribution is 6.21. The molecule has 1 nitrogen and oxygen atoms in total. The van der Waals surface area contributed by atoms with Crippen LogP contribution in [-0.2, 0) is 0 Å². The van der Waals surface area contributed by atoms with Gasteiger partial charge in [0.25, 0.3) is 0 Å². The van der Waals surface area contributed by atoms with E-state index in [4.69, 9.17) is 11.6 Å². The maximum atomic E-state index is 9.73. The summed E-state index contributed by atoms with van der Waals surface area (Å²) in [7, 11) is 0. The van der Waals surface area contributed by atoms with Crippen molar-refractivity contribution >= 4 is 11.6 Å². The summed E-state index contributed by atoms with van der Waals surface area (Å²) >= 11 is 6.29. The summed E-state index contributed by atoms with van der Waals surface area (Å²) in [4.78, 5) is 0. The van der Waals surface area contributed by atoms with Crippen LogP contribution in [0.5, 0.6) is 5.75 Å². The molecule has 1 aromatic rings. The number of phenols is 1. The maximum Gasteiger partial charge on any atom is 0.120 e. The molecule has 0 saturated heterocycles. The van der Waals surface area contributed by atoms with Crippen molar-refractivity contribution in [3.05, 3.63) is 29.3 Å². The van der Waals surface area contributed by atoms with Crippen LogP contribution in [0.1, 0.15) is 49.1 Å². The fourth-order valence-corrected chi connectivity index (χ4v) is 2.23. The smallest absolute Gasteiger partial charge is 0.120 e. The Balaban J connectivity index is 2.68. The van der Waals surface area contributed by atoms with Crippen LogP contribution in [0.4, 0.5) is 0 Å². The number of halogens is 1. The molecule has 0 heterocycles. The lowest BCUT2D eigenvalue weighted by Gasteiger charge is -2.14. The zero-order chi connectivity index (χ0) is 11.3. The van der Waals surface area contributed by atoms with Crippen LogP contribution < -0.4 is 0 Å². The monoisotopic (exact) mass is 226 g/mol. The number of benzene rings is 1. The second-order valence-corrected chi connectivity index (χ2v) is 4.50. The van der Waals surface area contributed by atoms with Crippen LogP contribution in [0.15, 0.2) is 18.2 Å². The van der Waals surface area contributed by atoms with Gasteiger partial charge in [-0.15, -0.1) is 11.6 Å². The van der Waals surface area contributed by atoms with Gasteiger partial charge in [0.05, 0.1) is 5.38 Å². The van der Waals surface area contributed by atoms with Crippen molar-refractivity contribution in [3.63, 3.8) is 0 Å². The molecule has 84 valence electrons. The van der Waals surface area contributed by atoms with Crippen LogP contribution >= 0.6 is 11.6 Å². The fraction of sp³-hybridized carbons (Fsp3) is 0.538. The van der Waals surface area contributed by atoms with E-state index >= 15 is 0 Å². The van der Waals surface area contributed by atoms with Gasteiger partial charge in [0.1, 0.15) is 5.75 Å².